The second kappa shape index (κ2) is 5.49. The lowest BCUT2D eigenvalue weighted by Crippen LogP contribution is -2.51. The largest absolute Gasteiger partial charge is 0.480 e. The number of likely N-dealkylation sites (tertiary alicyclic amines) is 1. The molecule has 5 heteroatoms. The molecule has 2 atom stereocenters. The van der Waals surface area contributed by atoms with E-state index in [2.05, 4.69) is 5.32 Å². The van der Waals surface area contributed by atoms with Gasteiger partial charge in [0, 0.05) is 12.0 Å². The van der Waals surface area contributed by atoms with E-state index < -0.39 is 17.4 Å². The van der Waals surface area contributed by atoms with Gasteiger partial charge in [0.25, 0.3) is 0 Å². The Kier molecular flexibility index (Phi) is 4.13. The molecule has 2 aliphatic heterocycles. The second-order valence-corrected chi connectivity index (χ2v) is 6.26. The van der Waals surface area contributed by atoms with Crippen LogP contribution in [0.1, 0.15) is 39.5 Å². The van der Waals surface area contributed by atoms with Gasteiger partial charge in [-0.15, -0.1) is 0 Å². The number of rotatable bonds is 3. The molecule has 0 saturated carbocycles. The SMILES string of the molecule is CC(C)(C(=O)N1CCC[C@@H]1C(=O)O)C1CCCNC1. The van der Waals surface area contributed by atoms with E-state index in [0.29, 0.717) is 18.9 Å². The van der Waals surface area contributed by atoms with Crippen LogP contribution in [0.2, 0.25) is 0 Å². The number of piperidine rings is 1. The summed E-state index contributed by atoms with van der Waals surface area (Å²) in [6.07, 6.45) is 3.50. The van der Waals surface area contributed by atoms with E-state index in [1.165, 1.54) is 0 Å². The van der Waals surface area contributed by atoms with Crippen LogP contribution < -0.4 is 5.32 Å². The number of nitrogens with one attached hydrogen (secondary N) is 1. The number of hydrogen-bond acceptors (Lipinski definition) is 3. The lowest BCUT2D eigenvalue weighted by molar-refractivity contribution is -0.154. The topological polar surface area (TPSA) is 69.6 Å². The fourth-order valence-electron chi connectivity index (χ4n) is 3.28. The van der Waals surface area contributed by atoms with Crippen molar-refractivity contribution in [3.8, 4) is 0 Å². The highest BCUT2D eigenvalue weighted by Crippen LogP contribution is 2.35. The molecule has 0 aromatic heterocycles. The van der Waals surface area contributed by atoms with Crippen molar-refractivity contribution >= 4 is 11.9 Å². The van der Waals surface area contributed by atoms with Crippen molar-refractivity contribution in [2.24, 2.45) is 11.3 Å². The average molecular weight is 268 g/mol. The molecule has 0 aromatic carbocycles. The van der Waals surface area contributed by atoms with E-state index in [0.717, 1.165) is 32.4 Å². The molecule has 1 unspecified atom stereocenters. The number of hydrogen-bond donors (Lipinski definition) is 2. The predicted octanol–water partition coefficient (Wildman–Crippen LogP) is 1.09. The number of aliphatic carboxylic acids is 1. The number of amides is 1. The molecule has 2 N–H and O–H groups in total. The van der Waals surface area contributed by atoms with Gasteiger partial charge in [0.2, 0.25) is 5.91 Å². The van der Waals surface area contributed by atoms with Gasteiger partial charge < -0.3 is 15.3 Å². The summed E-state index contributed by atoms with van der Waals surface area (Å²) in [6, 6.07) is -0.622. The van der Waals surface area contributed by atoms with Crippen molar-refractivity contribution in [2.75, 3.05) is 19.6 Å². The molecule has 2 saturated heterocycles. The Hall–Kier alpha value is -1.10. The molecule has 0 radical (unpaired) electrons. The predicted molar refractivity (Wildman–Crippen MR) is 71.7 cm³/mol. The Morgan fingerprint density at radius 3 is 2.58 bits per heavy atom. The van der Waals surface area contributed by atoms with E-state index in [9.17, 15) is 14.7 Å². The van der Waals surface area contributed by atoms with E-state index in [1.54, 1.807) is 4.90 Å². The minimum atomic E-state index is -0.872. The van der Waals surface area contributed by atoms with Crippen LogP contribution in [0.4, 0.5) is 0 Å². The summed E-state index contributed by atoms with van der Waals surface area (Å²) in [5, 5.41) is 12.5. The number of nitrogens with zero attached hydrogens (tertiary/aromatic N) is 1. The highest BCUT2D eigenvalue weighted by atomic mass is 16.4. The van der Waals surface area contributed by atoms with Crippen LogP contribution in [0.5, 0.6) is 0 Å². The number of carbonyl (C=O) groups excluding carboxylic acids is 1. The molecule has 2 fully saturated rings. The molecule has 2 heterocycles. The smallest absolute Gasteiger partial charge is 0.326 e. The molecular formula is C14H24N2O3. The van der Waals surface area contributed by atoms with Crippen LogP contribution in [0.25, 0.3) is 0 Å². The highest BCUT2D eigenvalue weighted by Gasteiger charge is 2.44. The first-order valence-corrected chi connectivity index (χ1v) is 7.19. The molecule has 0 bridgehead atoms. The van der Waals surface area contributed by atoms with Crippen LogP contribution >= 0.6 is 0 Å². The summed E-state index contributed by atoms with van der Waals surface area (Å²) in [6.45, 7) is 6.38. The number of carboxylic acids is 1. The zero-order valence-corrected chi connectivity index (χ0v) is 11.8. The van der Waals surface area contributed by atoms with Crippen LogP contribution in [0.15, 0.2) is 0 Å². The minimum absolute atomic E-state index is 0.00565. The van der Waals surface area contributed by atoms with Crippen molar-refractivity contribution < 1.29 is 14.7 Å². The summed E-state index contributed by atoms with van der Waals surface area (Å²) < 4.78 is 0. The molecule has 108 valence electrons. The zero-order valence-electron chi connectivity index (χ0n) is 11.8. The van der Waals surface area contributed by atoms with Crippen LogP contribution in [-0.4, -0.2) is 47.6 Å². The van der Waals surface area contributed by atoms with E-state index in [4.69, 9.17) is 0 Å². The Balaban J connectivity index is 2.10. The lowest BCUT2D eigenvalue weighted by atomic mass is 9.74. The number of carboxylic acid groups (broad SMARTS) is 1. The third-order valence-electron chi connectivity index (χ3n) is 4.67. The maximum absolute atomic E-state index is 12.7. The van der Waals surface area contributed by atoms with Crippen molar-refractivity contribution in [3.05, 3.63) is 0 Å². The van der Waals surface area contributed by atoms with E-state index in [1.807, 2.05) is 13.8 Å². The van der Waals surface area contributed by atoms with Crippen molar-refractivity contribution in [1.29, 1.82) is 0 Å². The Morgan fingerprint density at radius 2 is 2.00 bits per heavy atom. The summed E-state index contributed by atoms with van der Waals surface area (Å²) in [4.78, 5) is 25.5. The summed E-state index contributed by atoms with van der Waals surface area (Å²) in [7, 11) is 0. The van der Waals surface area contributed by atoms with Crippen LogP contribution in [0, 0.1) is 11.3 Å². The number of carbonyl (C=O) groups is 2. The monoisotopic (exact) mass is 268 g/mol. The Labute approximate surface area is 114 Å². The maximum Gasteiger partial charge on any atom is 0.326 e. The molecule has 5 nitrogen and oxygen atoms in total. The van der Waals surface area contributed by atoms with E-state index >= 15 is 0 Å². The first kappa shape index (κ1) is 14.3. The summed E-state index contributed by atoms with van der Waals surface area (Å²) >= 11 is 0. The fourth-order valence-corrected chi connectivity index (χ4v) is 3.28. The van der Waals surface area contributed by atoms with Crippen molar-refractivity contribution in [2.45, 2.75) is 45.6 Å². The normalized spacial score (nSPS) is 28.4. The molecule has 19 heavy (non-hydrogen) atoms. The van der Waals surface area contributed by atoms with Gasteiger partial charge in [-0.25, -0.2) is 4.79 Å². The standard InChI is InChI=1S/C14H24N2O3/c1-14(2,10-5-3-7-15-9-10)13(19)16-8-4-6-11(16)12(17)18/h10-11,15H,3-9H2,1-2H3,(H,17,18)/t10?,11-/m1/s1. The van der Waals surface area contributed by atoms with Crippen molar-refractivity contribution in [1.82, 2.24) is 10.2 Å². The molecule has 2 rings (SSSR count). The molecule has 0 aromatic rings. The van der Waals surface area contributed by atoms with Crippen molar-refractivity contribution in [3.63, 3.8) is 0 Å². The van der Waals surface area contributed by atoms with Crippen LogP contribution in [0.3, 0.4) is 0 Å². The quantitative estimate of drug-likeness (QED) is 0.804. The Morgan fingerprint density at radius 1 is 1.26 bits per heavy atom. The van der Waals surface area contributed by atoms with Gasteiger partial charge in [-0.3, -0.25) is 4.79 Å². The molecule has 0 spiro atoms. The first-order chi connectivity index (χ1) is 8.94. The lowest BCUT2D eigenvalue weighted by Gasteiger charge is -2.39. The zero-order chi connectivity index (χ0) is 14.0. The first-order valence-electron chi connectivity index (χ1n) is 7.19. The second-order valence-electron chi connectivity index (χ2n) is 6.26. The van der Waals surface area contributed by atoms with Gasteiger partial charge in [0.05, 0.1) is 0 Å². The summed E-state index contributed by atoms with van der Waals surface area (Å²) in [5.74, 6) is -0.571. The van der Waals surface area contributed by atoms with Gasteiger partial charge in [0.1, 0.15) is 6.04 Å². The van der Waals surface area contributed by atoms with Gasteiger partial charge in [0.15, 0.2) is 0 Å². The molecule has 0 aliphatic carbocycles. The van der Waals surface area contributed by atoms with Gasteiger partial charge in [-0.05, 0) is 44.7 Å². The molecule has 1 amide bonds. The maximum atomic E-state index is 12.7. The van der Waals surface area contributed by atoms with Gasteiger partial charge in [-0.2, -0.15) is 0 Å². The van der Waals surface area contributed by atoms with E-state index in [-0.39, 0.29) is 5.91 Å². The average Bonchev–Trinajstić information content (AvgIpc) is 2.88. The Bertz CT molecular complexity index is 362. The summed E-state index contributed by atoms with van der Waals surface area (Å²) in [5.41, 5.74) is -0.481. The van der Waals surface area contributed by atoms with Gasteiger partial charge in [-0.1, -0.05) is 13.8 Å². The third-order valence-corrected chi connectivity index (χ3v) is 4.67. The van der Waals surface area contributed by atoms with Crippen LogP contribution in [-0.2, 0) is 9.59 Å². The minimum Gasteiger partial charge on any atom is -0.480 e. The molecule has 2 aliphatic rings. The molecular weight excluding hydrogens is 244 g/mol. The van der Waals surface area contributed by atoms with Gasteiger partial charge >= 0.3 is 5.97 Å². The third kappa shape index (κ3) is 2.76. The fraction of sp³-hybridized carbons (Fsp3) is 0.857. The highest BCUT2D eigenvalue weighted by molar-refractivity contribution is 5.87.